The van der Waals surface area contributed by atoms with Gasteiger partial charge in [-0.2, -0.15) is 0 Å². The fourth-order valence-corrected chi connectivity index (χ4v) is 0.236. The molecule has 0 spiro atoms. The van der Waals surface area contributed by atoms with Crippen LogP contribution in [0.4, 0.5) is 0 Å². The van der Waals surface area contributed by atoms with Gasteiger partial charge < -0.3 is 4.74 Å². The molecule has 0 heterocycles. The maximum absolute atomic E-state index is 4.82. The Hall–Kier alpha value is -0.460. The standard InChI is InChI=1S/C6H12O.2CH4.H2/c1-5(2)6(3)7-4;;;/h5H,3H2,1-2,4H3;2*1H4;1H. The van der Waals surface area contributed by atoms with Crippen LogP contribution < -0.4 is 0 Å². The number of ether oxygens (including phenoxy) is 1. The Morgan fingerprint density at radius 1 is 1.44 bits per heavy atom. The number of allylic oxidation sites excluding steroid dienone is 1. The zero-order chi connectivity index (χ0) is 5.86. The van der Waals surface area contributed by atoms with Crippen LogP contribution in [0.5, 0.6) is 0 Å². The summed E-state index contributed by atoms with van der Waals surface area (Å²) in [4.78, 5) is 0. The Bertz CT molecular complexity index is 69.7. The second-order valence-corrected chi connectivity index (χ2v) is 1.83. The van der Waals surface area contributed by atoms with E-state index in [4.69, 9.17) is 4.74 Å². The van der Waals surface area contributed by atoms with Crippen molar-refractivity contribution in [2.45, 2.75) is 28.7 Å². The first-order valence-corrected chi connectivity index (χ1v) is 2.41. The summed E-state index contributed by atoms with van der Waals surface area (Å²) in [5.41, 5.74) is 0. The van der Waals surface area contributed by atoms with Crippen molar-refractivity contribution in [2.24, 2.45) is 5.92 Å². The number of hydrogen-bond donors (Lipinski definition) is 0. The molecule has 0 aromatic rings. The van der Waals surface area contributed by atoms with Gasteiger partial charge in [-0.05, 0) is 0 Å². The molecule has 0 aromatic heterocycles. The highest BCUT2D eigenvalue weighted by molar-refractivity contribution is 4.84. The highest BCUT2D eigenvalue weighted by atomic mass is 16.5. The van der Waals surface area contributed by atoms with Gasteiger partial charge in [-0.1, -0.05) is 35.3 Å². The number of hydrogen-bond acceptors (Lipinski definition) is 1. The first kappa shape index (κ1) is 15.8. The first-order valence-electron chi connectivity index (χ1n) is 2.41. The molecular formula is C8H22O. The van der Waals surface area contributed by atoms with Crippen LogP contribution in [0.15, 0.2) is 12.3 Å². The van der Waals surface area contributed by atoms with Gasteiger partial charge in [-0.15, -0.1) is 0 Å². The minimum atomic E-state index is 0. The van der Waals surface area contributed by atoms with Gasteiger partial charge in [0, 0.05) is 7.34 Å². The molecule has 0 saturated heterocycles. The maximum atomic E-state index is 4.82. The van der Waals surface area contributed by atoms with Gasteiger partial charge in [0.25, 0.3) is 0 Å². The van der Waals surface area contributed by atoms with E-state index in [9.17, 15) is 0 Å². The number of methoxy groups -OCH3 is 1. The van der Waals surface area contributed by atoms with Gasteiger partial charge in [-0.25, -0.2) is 0 Å². The van der Waals surface area contributed by atoms with E-state index in [2.05, 4.69) is 6.58 Å². The molecule has 0 amide bonds. The third-order valence-electron chi connectivity index (χ3n) is 0.906. The lowest BCUT2D eigenvalue weighted by molar-refractivity contribution is 0.256. The van der Waals surface area contributed by atoms with Crippen LogP contribution in [0, 0.1) is 5.92 Å². The average molecular weight is 134 g/mol. The summed E-state index contributed by atoms with van der Waals surface area (Å²) in [6, 6.07) is 0. The highest BCUT2D eigenvalue weighted by Crippen LogP contribution is 2.04. The van der Waals surface area contributed by atoms with Crippen molar-refractivity contribution in [3.63, 3.8) is 0 Å². The molecule has 0 fully saturated rings. The van der Waals surface area contributed by atoms with Crippen LogP contribution in [0.25, 0.3) is 0 Å². The third-order valence-corrected chi connectivity index (χ3v) is 0.906. The topological polar surface area (TPSA) is 9.23 Å². The molecule has 0 aliphatic carbocycles. The Balaban J connectivity index is -0.0000000600. The highest BCUT2D eigenvalue weighted by Gasteiger charge is 1.94. The van der Waals surface area contributed by atoms with Crippen molar-refractivity contribution < 1.29 is 6.16 Å². The maximum Gasteiger partial charge on any atom is 0.0909 e. The zero-order valence-corrected chi connectivity index (χ0v) is 5.19. The summed E-state index contributed by atoms with van der Waals surface area (Å²) in [7, 11) is 1.64. The molecule has 0 aliphatic heterocycles. The van der Waals surface area contributed by atoms with E-state index >= 15 is 0 Å². The van der Waals surface area contributed by atoms with E-state index in [1.54, 1.807) is 7.11 Å². The largest absolute Gasteiger partial charge is 0.501 e. The Kier molecular flexibility index (Phi) is 13.3. The molecule has 0 rings (SSSR count). The van der Waals surface area contributed by atoms with E-state index in [0.29, 0.717) is 5.92 Å². The molecule has 0 saturated carbocycles. The molecule has 0 bridgehead atoms. The predicted octanol–water partition coefficient (Wildman–Crippen LogP) is 3.32. The first-order chi connectivity index (χ1) is 3.18. The van der Waals surface area contributed by atoms with E-state index in [0.717, 1.165) is 5.76 Å². The Labute approximate surface area is 61.2 Å². The minimum Gasteiger partial charge on any atom is -0.501 e. The van der Waals surface area contributed by atoms with Crippen molar-refractivity contribution in [3.8, 4) is 0 Å². The van der Waals surface area contributed by atoms with Crippen molar-refractivity contribution in [1.82, 2.24) is 0 Å². The van der Waals surface area contributed by atoms with Crippen LogP contribution in [0.1, 0.15) is 30.1 Å². The third kappa shape index (κ3) is 7.54. The van der Waals surface area contributed by atoms with Gasteiger partial charge in [0.1, 0.15) is 0 Å². The van der Waals surface area contributed by atoms with Crippen LogP contribution >= 0.6 is 0 Å². The summed E-state index contributed by atoms with van der Waals surface area (Å²) < 4.78 is 4.82. The van der Waals surface area contributed by atoms with E-state index in [1.165, 1.54) is 0 Å². The normalized spacial score (nSPS) is 7.11. The van der Waals surface area contributed by atoms with Gasteiger partial charge in [0.15, 0.2) is 0 Å². The molecule has 0 aromatic carbocycles. The predicted molar refractivity (Wildman–Crippen MR) is 46.6 cm³/mol. The van der Waals surface area contributed by atoms with Gasteiger partial charge in [-0.3, -0.25) is 0 Å². The molecule has 0 N–H and O–H groups in total. The molecule has 0 atom stereocenters. The minimum absolute atomic E-state index is 0. The lowest BCUT2D eigenvalue weighted by atomic mass is 10.2. The van der Waals surface area contributed by atoms with Gasteiger partial charge in [0.05, 0.1) is 12.9 Å². The molecule has 9 heavy (non-hydrogen) atoms. The van der Waals surface area contributed by atoms with Crippen molar-refractivity contribution in [3.05, 3.63) is 12.3 Å². The SMILES string of the molecule is C.C.C=C(OC)C(C)C.[HH]. The van der Waals surface area contributed by atoms with Crippen molar-refractivity contribution >= 4 is 0 Å². The van der Waals surface area contributed by atoms with Gasteiger partial charge >= 0.3 is 0 Å². The lowest BCUT2D eigenvalue weighted by Gasteiger charge is -2.04. The quantitative estimate of drug-likeness (QED) is 0.526. The monoisotopic (exact) mass is 134 g/mol. The smallest absolute Gasteiger partial charge is 0.0909 e. The summed E-state index contributed by atoms with van der Waals surface area (Å²) in [5, 5.41) is 0. The summed E-state index contributed by atoms with van der Waals surface area (Å²) in [6.07, 6.45) is 0. The number of rotatable bonds is 2. The molecule has 0 radical (unpaired) electrons. The molecule has 1 heteroatoms. The molecular weight excluding hydrogens is 112 g/mol. The molecule has 1 nitrogen and oxygen atoms in total. The van der Waals surface area contributed by atoms with E-state index in [-0.39, 0.29) is 16.3 Å². The second kappa shape index (κ2) is 7.54. The Morgan fingerprint density at radius 2 is 1.78 bits per heavy atom. The Morgan fingerprint density at radius 3 is 1.78 bits per heavy atom. The van der Waals surface area contributed by atoms with Crippen LogP contribution in [-0.2, 0) is 4.74 Å². The van der Waals surface area contributed by atoms with Crippen LogP contribution in [-0.4, -0.2) is 7.11 Å². The fraction of sp³-hybridized carbons (Fsp3) is 0.750. The van der Waals surface area contributed by atoms with E-state index in [1.807, 2.05) is 13.8 Å². The lowest BCUT2D eigenvalue weighted by Crippen LogP contribution is -1.92. The fourth-order valence-electron chi connectivity index (χ4n) is 0.236. The van der Waals surface area contributed by atoms with E-state index < -0.39 is 0 Å². The summed E-state index contributed by atoms with van der Waals surface area (Å²) in [6.45, 7) is 7.75. The average Bonchev–Trinajstić information content (AvgIpc) is 1.65. The van der Waals surface area contributed by atoms with Crippen LogP contribution in [0.2, 0.25) is 0 Å². The molecule has 60 valence electrons. The molecule has 0 aliphatic rings. The van der Waals surface area contributed by atoms with Crippen LogP contribution in [0.3, 0.4) is 0 Å². The van der Waals surface area contributed by atoms with Crippen molar-refractivity contribution in [1.29, 1.82) is 0 Å². The van der Waals surface area contributed by atoms with Crippen molar-refractivity contribution in [2.75, 3.05) is 7.11 Å². The second-order valence-electron chi connectivity index (χ2n) is 1.83. The molecule has 0 unspecified atom stereocenters. The zero-order valence-electron chi connectivity index (χ0n) is 5.19. The van der Waals surface area contributed by atoms with Gasteiger partial charge in [0.2, 0.25) is 0 Å². The summed E-state index contributed by atoms with van der Waals surface area (Å²) >= 11 is 0. The summed E-state index contributed by atoms with van der Waals surface area (Å²) in [5.74, 6) is 1.30.